The van der Waals surface area contributed by atoms with Gasteiger partial charge in [0.15, 0.2) is 5.78 Å². The highest BCUT2D eigenvalue weighted by Gasteiger charge is 2.07. The van der Waals surface area contributed by atoms with Crippen LogP contribution in [-0.2, 0) is 19.1 Å². The number of rotatable bonds is 14. The van der Waals surface area contributed by atoms with E-state index in [1.54, 1.807) is 0 Å². The second-order valence-electron chi connectivity index (χ2n) is 8.03. The summed E-state index contributed by atoms with van der Waals surface area (Å²) in [5.74, 6) is -0.170. The Kier molecular flexibility index (Phi) is 15.7. The van der Waals surface area contributed by atoms with Gasteiger partial charge in [-0.2, -0.15) is 0 Å². The third kappa shape index (κ3) is 13.5. The van der Waals surface area contributed by atoms with Gasteiger partial charge >= 0.3 is 11.9 Å². The number of benzene rings is 2. The molecule has 1 N–H and O–H groups in total. The van der Waals surface area contributed by atoms with E-state index in [0.29, 0.717) is 19.3 Å². The molecule has 2 aromatic carbocycles. The van der Waals surface area contributed by atoms with Crippen molar-refractivity contribution in [3.05, 3.63) is 71.8 Å². The van der Waals surface area contributed by atoms with Gasteiger partial charge in [0.25, 0.3) is 0 Å². The van der Waals surface area contributed by atoms with Crippen LogP contribution in [0.5, 0.6) is 0 Å². The maximum absolute atomic E-state index is 11.7. The first kappa shape index (κ1) is 29.0. The van der Waals surface area contributed by atoms with Gasteiger partial charge in [0.05, 0.1) is 20.3 Å². The smallest absolute Gasteiger partial charge is 0.305 e. The molecule has 0 aliphatic heterocycles. The number of hydrogen-bond donors (Lipinski definition) is 1. The molecule has 0 aromatic heterocycles. The van der Waals surface area contributed by atoms with Crippen LogP contribution in [0.3, 0.4) is 0 Å². The number of Topliss-reactive ketones (excluding diaryl/α,β-unsaturated/α-hetero) is 1. The van der Waals surface area contributed by atoms with Crippen LogP contribution in [0.1, 0.15) is 86.2 Å². The molecule has 0 aliphatic rings. The van der Waals surface area contributed by atoms with Gasteiger partial charge in [0, 0.05) is 24.8 Å². The normalized spacial score (nSPS) is 11.0. The molecule has 34 heavy (non-hydrogen) atoms. The Bertz CT molecular complexity index is 819. The molecular weight excluding hydrogens is 432 g/mol. The molecular formula is C28H38O6. The summed E-state index contributed by atoms with van der Waals surface area (Å²) in [5, 5.41) is 9.88. The number of ketones is 1. The van der Waals surface area contributed by atoms with Gasteiger partial charge in [-0.15, -0.1) is 0 Å². The van der Waals surface area contributed by atoms with Crippen molar-refractivity contribution in [3.8, 4) is 0 Å². The number of hydrogen-bond acceptors (Lipinski definition) is 6. The molecule has 2 rings (SSSR count). The number of methoxy groups -OCH3 is 2. The van der Waals surface area contributed by atoms with Crippen LogP contribution >= 0.6 is 0 Å². The minimum absolute atomic E-state index is 0.159. The minimum Gasteiger partial charge on any atom is -0.469 e. The lowest BCUT2D eigenvalue weighted by molar-refractivity contribution is -0.141. The zero-order valence-electron chi connectivity index (χ0n) is 20.4. The van der Waals surface area contributed by atoms with Gasteiger partial charge in [-0.05, 0) is 31.2 Å². The van der Waals surface area contributed by atoms with Gasteiger partial charge in [-0.3, -0.25) is 14.4 Å². The maximum atomic E-state index is 11.7. The second-order valence-corrected chi connectivity index (χ2v) is 8.03. The van der Waals surface area contributed by atoms with E-state index in [-0.39, 0.29) is 17.7 Å². The van der Waals surface area contributed by atoms with Gasteiger partial charge in [0.1, 0.15) is 0 Å². The third-order valence-electron chi connectivity index (χ3n) is 5.38. The van der Waals surface area contributed by atoms with Crippen LogP contribution in [0.4, 0.5) is 0 Å². The molecule has 0 bridgehead atoms. The second kappa shape index (κ2) is 18.4. The molecule has 6 nitrogen and oxygen atoms in total. The Morgan fingerprint density at radius 2 is 1.15 bits per heavy atom. The van der Waals surface area contributed by atoms with Crippen LogP contribution in [0.2, 0.25) is 0 Å². The zero-order chi connectivity index (χ0) is 25.0. The lowest BCUT2D eigenvalue weighted by Gasteiger charge is -2.10. The van der Waals surface area contributed by atoms with Crippen LogP contribution in [-0.4, -0.2) is 37.0 Å². The quantitative estimate of drug-likeness (QED) is 0.212. The third-order valence-corrected chi connectivity index (χ3v) is 5.38. The number of carbonyl (C=O) groups is 3. The molecule has 0 unspecified atom stereocenters. The molecule has 0 saturated heterocycles. The fourth-order valence-corrected chi connectivity index (χ4v) is 3.33. The predicted molar refractivity (Wildman–Crippen MR) is 132 cm³/mol. The number of esters is 2. The summed E-state index contributed by atoms with van der Waals surface area (Å²) in [6.07, 6.45) is 6.99. The van der Waals surface area contributed by atoms with Crippen molar-refractivity contribution in [1.29, 1.82) is 0 Å². The van der Waals surface area contributed by atoms with Gasteiger partial charge in [-0.25, -0.2) is 0 Å². The van der Waals surface area contributed by atoms with Crippen molar-refractivity contribution in [1.82, 2.24) is 0 Å². The van der Waals surface area contributed by atoms with Crippen LogP contribution in [0.25, 0.3) is 0 Å². The minimum atomic E-state index is -0.394. The Morgan fingerprint density at radius 3 is 1.68 bits per heavy atom. The van der Waals surface area contributed by atoms with Crippen molar-refractivity contribution in [2.45, 2.75) is 70.3 Å². The van der Waals surface area contributed by atoms with E-state index in [1.807, 2.05) is 60.7 Å². The van der Waals surface area contributed by atoms with E-state index in [0.717, 1.165) is 56.1 Å². The van der Waals surface area contributed by atoms with Crippen molar-refractivity contribution in [2.24, 2.45) is 0 Å². The highest BCUT2D eigenvalue weighted by Crippen LogP contribution is 2.19. The number of aliphatic hydroxyl groups is 1. The molecule has 0 spiro atoms. The first-order valence-electron chi connectivity index (χ1n) is 11.9. The summed E-state index contributed by atoms with van der Waals surface area (Å²) in [4.78, 5) is 33.4. The van der Waals surface area contributed by atoms with Crippen molar-refractivity contribution < 1.29 is 29.0 Å². The Hall–Kier alpha value is -2.99. The molecule has 0 aliphatic carbocycles. The van der Waals surface area contributed by atoms with E-state index in [1.165, 1.54) is 14.2 Å². The first-order valence-corrected chi connectivity index (χ1v) is 11.9. The van der Waals surface area contributed by atoms with Crippen LogP contribution in [0.15, 0.2) is 60.7 Å². The van der Waals surface area contributed by atoms with E-state index in [2.05, 4.69) is 9.47 Å². The van der Waals surface area contributed by atoms with E-state index < -0.39 is 6.10 Å². The van der Waals surface area contributed by atoms with Gasteiger partial charge in [0.2, 0.25) is 0 Å². The zero-order valence-corrected chi connectivity index (χ0v) is 20.4. The first-order chi connectivity index (χ1) is 16.5. The Labute approximate surface area is 203 Å². The molecule has 0 saturated carbocycles. The lowest BCUT2D eigenvalue weighted by atomic mass is 10.0. The van der Waals surface area contributed by atoms with E-state index in [4.69, 9.17) is 0 Å². The van der Waals surface area contributed by atoms with Crippen LogP contribution < -0.4 is 0 Å². The topological polar surface area (TPSA) is 89.9 Å². The summed E-state index contributed by atoms with van der Waals surface area (Å²) in [7, 11) is 2.79. The average molecular weight is 471 g/mol. The SMILES string of the molecule is COC(=O)CCCCCC(=O)c1ccccc1.COC(=O)CCCCC[C@@H](O)c1ccccc1. The van der Waals surface area contributed by atoms with E-state index in [9.17, 15) is 19.5 Å². The molecule has 0 heterocycles. The molecule has 6 heteroatoms. The molecule has 1 atom stereocenters. The highest BCUT2D eigenvalue weighted by atomic mass is 16.5. The van der Waals surface area contributed by atoms with Gasteiger partial charge in [-0.1, -0.05) is 79.9 Å². The average Bonchev–Trinajstić information content (AvgIpc) is 2.89. The van der Waals surface area contributed by atoms with Gasteiger partial charge < -0.3 is 14.6 Å². The molecule has 0 amide bonds. The largest absolute Gasteiger partial charge is 0.469 e. The summed E-state index contributed by atoms with van der Waals surface area (Å²) in [6, 6.07) is 18.9. The molecule has 2 aromatic rings. The fraction of sp³-hybridized carbons (Fsp3) is 0.464. The highest BCUT2D eigenvalue weighted by molar-refractivity contribution is 5.95. The predicted octanol–water partition coefficient (Wildman–Crippen LogP) is 5.84. The molecule has 186 valence electrons. The van der Waals surface area contributed by atoms with E-state index >= 15 is 0 Å². The maximum Gasteiger partial charge on any atom is 0.305 e. The Morgan fingerprint density at radius 1 is 0.676 bits per heavy atom. The fourth-order valence-electron chi connectivity index (χ4n) is 3.33. The summed E-state index contributed by atoms with van der Waals surface area (Å²) in [6.45, 7) is 0. The van der Waals surface area contributed by atoms with Crippen LogP contribution in [0, 0.1) is 0 Å². The summed E-state index contributed by atoms with van der Waals surface area (Å²) >= 11 is 0. The lowest BCUT2D eigenvalue weighted by Crippen LogP contribution is -2.01. The summed E-state index contributed by atoms with van der Waals surface area (Å²) < 4.78 is 9.10. The van der Waals surface area contributed by atoms with Crippen molar-refractivity contribution in [2.75, 3.05) is 14.2 Å². The molecule has 0 fully saturated rings. The number of unbranched alkanes of at least 4 members (excludes halogenated alkanes) is 4. The van der Waals surface area contributed by atoms with Crippen molar-refractivity contribution >= 4 is 17.7 Å². The standard InChI is InChI=1S/C14H20O3.C14H18O3/c2*1-17-14(16)11-7-3-6-10-13(15)12-8-4-2-5-9-12/h2,4-5,8-9,13,15H,3,6-7,10-11H2,1H3;2,4-5,8-9H,3,6-7,10-11H2,1H3/t13-;/m1./s1. The van der Waals surface area contributed by atoms with Crippen molar-refractivity contribution in [3.63, 3.8) is 0 Å². The number of aliphatic hydroxyl groups excluding tert-OH is 1. The molecule has 0 radical (unpaired) electrons. The Balaban J connectivity index is 0.000000340. The number of ether oxygens (including phenoxy) is 2. The summed E-state index contributed by atoms with van der Waals surface area (Å²) in [5.41, 5.74) is 1.72. The monoisotopic (exact) mass is 470 g/mol. The number of carbonyl (C=O) groups excluding carboxylic acids is 3.